The molecule has 1 aromatic carbocycles. The highest BCUT2D eigenvalue weighted by Crippen LogP contribution is 2.35. The van der Waals surface area contributed by atoms with Crippen molar-refractivity contribution < 1.29 is 13.2 Å². The fraction of sp³-hybridized carbons (Fsp3) is 0.571. The highest BCUT2D eigenvalue weighted by molar-refractivity contribution is 5.52. The van der Waals surface area contributed by atoms with Crippen molar-refractivity contribution in [2.75, 3.05) is 18.0 Å². The third-order valence-electron chi connectivity index (χ3n) is 3.41. The first-order chi connectivity index (χ1) is 8.88. The maximum absolute atomic E-state index is 13.1. The maximum atomic E-state index is 13.1. The third kappa shape index (κ3) is 3.41. The van der Waals surface area contributed by atoms with Crippen molar-refractivity contribution in [1.29, 1.82) is 0 Å². The van der Waals surface area contributed by atoms with E-state index in [2.05, 4.69) is 0 Å². The van der Waals surface area contributed by atoms with E-state index >= 15 is 0 Å². The van der Waals surface area contributed by atoms with Crippen molar-refractivity contribution in [2.45, 2.75) is 38.4 Å². The predicted octanol–water partition coefficient (Wildman–Crippen LogP) is 3.20. The molecule has 1 saturated heterocycles. The van der Waals surface area contributed by atoms with Crippen molar-refractivity contribution in [3.8, 4) is 0 Å². The van der Waals surface area contributed by atoms with Crippen LogP contribution in [0.1, 0.15) is 30.9 Å². The zero-order valence-corrected chi connectivity index (χ0v) is 11.0. The van der Waals surface area contributed by atoms with Gasteiger partial charge in [-0.25, -0.2) is 0 Å². The zero-order valence-electron chi connectivity index (χ0n) is 11.0. The number of benzene rings is 1. The molecular weight excluding hydrogens is 253 g/mol. The van der Waals surface area contributed by atoms with Gasteiger partial charge in [-0.1, -0.05) is 6.07 Å². The van der Waals surface area contributed by atoms with Crippen LogP contribution in [0.25, 0.3) is 0 Å². The Morgan fingerprint density at radius 2 is 1.89 bits per heavy atom. The Hall–Kier alpha value is -1.23. The summed E-state index contributed by atoms with van der Waals surface area (Å²) in [6, 6.07) is 4.33. The molecule has 2 rings (SSSR count). The third-order valence-corrected chi connectivity index (χ3v) is 3.41. The highest BCUT2D eigenvalue weighted by atomic mass is 19.4. The Bertz CT molecular complexity index is 435. The van der Waals surface area contributed by atoms with Gasteiger partial charge in [0.05, 0.1) is 5.56 Å². The number of nitrogens with zero attached hydrogens (tertiary/aromatic N) is 1. The van der Waals surface area contributed by atoms with E-state index in [1.807, 2.05) is 4.90 Å². The fourth-order valence-electron chi connectivity index (χ4n) is 2.53. The number of anilines is 1. The summed E-state index contributed by atoms with van der Waals surface area (Å²) in [5.74, 6) is 0. The van der Waals surface area contributed by atoms with Crippen LogP contribution in [-0.4, -0.2) is 19.1 Å². The quantitative estimate of drug-likeness (QED) is 0.915. The first-order valence-electron chi connectivity index (χ1n) is 6.58. The molecule has 1 atom stereocenters. The minimum atomic E-state index is -4.32. The second kappa shape index (κ2) is 5.41. The van der Waals surface area contributed by atoms with E-state index in [1.54, 1.807) is 19.1 Å². The molecule has 1 fully saturated rings. The van der Waals surface area contributed by atoms with Gasteiger partial charge >= 0.3 is 6.18 Å². The summed E-state index contributed by atoms with van der Waals surface area (Å²) >= 11 is 0. The fourth-order valence-corrected chi connectivity index (χ4v) is 2.53. The van der Waals surface area contributed by atoms with Crippen molar-refractivity contribution in [1.82, 2.24) is 0 Å². The number of hydrogen-bond acceptors (Lipinski definition) is 2. The molecular formula is C14H19F3N2. The van der Waals surface area contributed by atoms with Crippen LogP contribution in [0.15, 0.2) is 18.2 Å². The van der Waals surface area contributed by atoms with Gasteiger partial charge in [0, 0.05) is 24.8 Å². The Morgan fingerprint density at radius 1 is 1.26 bits per heavy atom. The lowest BCUT2D eigenvalue weighted by molar-refractivity contribution is -0.138. The molecule has 19 heavy (non-hydrogen) atoms. The molecule has 1 aliphatic heterocycles. The lowest BCUT2D eigenvalue weighted by Gasteiger charge is -2.21. The van der Waals surface area contributed by atoms with Gasteiger partial charge in [0.1, 0.15) is 0 Å². The number of alkyl halides is 3. The standard InChI is InChI=1S/C14H19F3N2/c1-10(18)8-11-4-5-12(19-6-2-3-7-19)9-13(11)14(15,16)17/h4-5,9-10H,2-3,6-8,18H2,1H3. The first-order valence-corrected chi connectivity index (χ1v) is 6.58. The second-order valence-electron chi connectivity index (χ2n) is 5.21. The molecule has 1 heterocycles. The van der Waals surface area contributed by atoms with E-state index in [1.165, 1.54) is 6.07 Å². The van der Waals surface area contributed by atoms with Gasteiger partial charge < -0.3 is 10.6 Å². The molecule has 1 aliphatic rings. The maximum Gasteiger partial charge on any atom is 0.416 e. The zero-order chi connectivity index (χ0) is 14.0. The van der Waals surface area contributed by atoms with E-state index < -0.39 is 11.7 Å². The highest BCUT2D eigenvalue weighted by Gasteiger charge is 2.34. The lowest BCUT2D eigenvalue weighted by atomic mass is 10.00. The topological polar surface area (TPSA) is 29.3 Å². The molecule has 1 unspecified atom stereocenters. The van der Waals surface area contributed by atoms with Gasteiger partial charge in [-0.3, -0.25) is 0 Å². The summed E-state index contributed by atoms with van der Waals surface area (Å²) in [6.07, 6.45) is -1.99. The SMILES string of the molecule is CC(N)Cc1ccc(N2CCCC2)cc1C(F)(F)F. The Kier molecular flexibility index (Phi) is 4.04. The summed E-state index contributed by atoms with van der Waals surface area (Å²) in [5, 5.41) is 0. The summed E-state index contributed by atoms with van der Waals surface area (Å²) in [4.78, 5) is 2.00. The number of halogens is 3. The van der Waals surface area contributed by atoms with Crippen LogP contribution in [0.2, 0.25) is 0 Å². The van der Waals surface area contributed by atoms with Gasteiger partial charge in [0.2, 0.25) is 0 Å². The van der Waals surface area contributed by atoms with E-state index in [0.717, 1.165) is 25.9 Å². The van der Waals surface area contributed by atoms with Crippen LogP contribution in [0.5, 0.6) is 0 Å². The van der Waals surface area contributed by atoms with Crippen molar-refractivity contribution in [3.05, 3.63) is 29.3 Å². The smallest absolute Gasteiger partial charge is 0.372 e. The second-order valence-corrected chi connectivity index (χ2v) is 5.21. The molecule has 1 aromatic rings. The number of rotatable bonds is 3. The average molecular weight is 272 g/mol. The molecule has 0 aromatic heterocycles. The molecule has 2 nitrogen and oxygen atoms in total. The summed E-state index contributed by atoms with van der Waals surface area (Å²) < 4.78 is 39.3. The number of nitrogens with two attached hydrogens (primary N) is 1. The summed E-state index contributed by atoms with van der Waals surface area (Å²) in [5.41, 5.74) is 6.02. The average Bonchev–Trinajstić information content (AvgIpc) is 2.80. The molecule has 0 radical (unpaired) electrons. The number of hydrogen-bond donors (Lipinski definition) is 1. The van der Waals surface area contributed by atoms with Gasteiger partial charge in [0.15, 0.2) is 0 Å². The normalized spacial score (nSPS) is 17.8. The van der Waals surface area contributed by atoms with Gasteiger partial charge in [-0.2, -0.15) is 13.2 Å². The van der Waals surface area contributed by atoms with Crippen LogP contribution in [0.4, 0.5) is 18.9 Å². The molecule has 0 amide bonds. The van der Waals surface area contributed by atoms with E-state index in [9.17, 15) is 13.2 Å². The van der Waals surface area contributed by atoms with Crippen molar-refractivity contribution in [2.24, 2.45) is 5.73 Å². The molecule has 0 aliphatic carbocycles. The first kappa shape index (κ1) is 14.2. The molecule has 5 heteroatoms. The molecule has 0 spiro atoms. The summed E-state index contributed by atoms with van der Waals surface area (Å²) in [7, 11) is 0. The van der Waals surface area contributed by atoms with Gasteiger partial charge in [0.25, 0.3) is 0 Å². The minimum Gasteiger partial charge on any atom is -0.372 e. The van der Waals surface area contributed by atoms with Crippen molar-refractivity contribution >= 4 is 5.69 Å². The van der Waals surface area contributed by atoms with E-state index in [0.29, 0.717) is 5.69 Å². The van der Waals surface area contributed by atoms with Gasteiger partial charge in [-0.15, -0.1) is 0 Å². The molecule has 0 saturated carbocycles. The lowest BCUT2D eigenvalue weighted by Crippen LogP contribution is -2.22. The summed E-state index contributed by atoms with van der Waals surface area (Å²) in [6.45, 7) is 3.39. The largest absolute Gasteiger partial charge is 0.416 e. The van der Waals surface area contributed by atoms with Crippen molar-refractivity contribution in [3.63, 3.8) is 0 Å². The molecule has 0 bridgehead atoms. The Morgan fingerprint density at radius 3 is 2.42 bits per heavy atom. The minimum absolute atomic E-state index is 0.245. The van der Waals surface area contributed by atoms with Crippen LogP contribution in [0.3, 0.4) is 0 Å². The molecule has 106 valence electrons. The molecule has 2 N–H and O–H groups in total. The van der Waals surface area contributed by atoms with Crippen LogP contribution >= 0.6 is 0 Å². The Balaban J connectivity index is 2.35. The van der Waals surface area contributed by atoms with Gasteiger partial charge in [-0.05, 0) is 43.9 Å². The van der Waals surface area contributed by atoms with Crippen LogP contribution < -0.4 is 10.6 Å². The monoisotopic (exact) mass is 272 g/mol. The Labute approximate surface area is 111 Å². The van der Waals surface area contributed by atoms with Crippen LogP contribution in [-0.2, 0) is 12.6 Å². The van der Waals surface area contributed by atoms with E-state index in [4.69, 9.17) is 5.73 Å². The predicted molar refractivity (Wildman–Crippen MR) is 70.2 cm³/mol. The van der Waals surface area contributed by atoms with E-state index in [-0.39, 0.29) is 18.0 Å². The van der Waals surface area contributed by atoms with Crippen LogP contribution in [0, 0.1) is 0 Å².